The van der Waals surface area contributed by atoms with Crippen molar-refractivity contribution in [1.29, 1.82) is 0 Å². The van der Waals surface area contributed by atoms with Gasteiger partial charge in [0.2, 0.25) is 0 Å². The third-order valence-corrected chi connectivity index (χ3v) is 7.24. The third-order valence-electron chi connectivity index (χ3n) is 7.24. The molecule has 1 fully saturated rings. The number of aliphatic hydroxyl groups is 1. The van der Waals surface area contributed by atoms with Crippen LogP contribution in [0.4, 0.5) is 11.4 Å². The van der Waals surface area contributed by atoms with Crippen LogP contribution < -0.4 is 18.9 Å². The molecule has 2 aromatic rings. The molecule has 17 nitrogen and oxygen atoms in total. The number of esters is 1. The predicted octanol–water partition coefficient (Wildman–Crippen LogP) is 4.40. The Morgan fingerprint density at radius 2 is 1.31 bits per heavy atom. The summed E-state index contributed by atoms with van der Waals surface area (Å²) in [6.45, 7) is 4.77. The fourth-order valence-electron chi connectivity index (χ4n) is 4.64. The van der Waals surface area contributed by atoms with Gasteiger partial charge in [-0.15, -0.1) is 0 Å². The summed E-state index contributed by atoms with van der Waals surface area (Å²) in [7, 11) is 3.90. The van der Waals surface area contributed by atoms with Gasteiger partial charge in [0.25, 0.3) is 17.3 Å². The van der Waals surface area contributed by atoms with Crippen molar-refractivity contribution in [3.8, 4) is 23.0 Å². The van der Waals surface area contributed by atoms with Gasteiger partial charge in [0.1, 0.15) is 17.2 Å². The number of carbonyl (C=O) groups is 3. The average Bonchev–Trinajstić information content (AvgIpc) is 3.07. The normalized spacial score (nSPS) is 15.3. The lowest BCUT2D eigenvalue weighted by atomic mass is 9.98. The highest BCUT2D eigenvalue weighted by molar-refractivity contribution is 6.01. The van der Waals surface area contributed by atoms with Gasteiger partial charge in [0.15, 0.2) is 23.0 Å². The van der Waals surface area contributed by atoms with Crippen molar-refractivity contribution in [2.24, 2.45) is 0 Å². The summed E-state index contributed by atoms with van der Waals surface area (Å²) in [5, 5.41) is 41.3. The maximum absolute atomic E-state index is 13.1. The highest BCUT2D eigenvalue weighted by Crippen LogP contribution is 2.37. The number of nitro groups is 2. The molecule has 0 aromatic heterocycles. The Morgan fingerprint density at radius 1 is 0.833 bits per heavy atom. The van der Waals surface area contributed by atoms with E-state index in [1.54, 1.807) is 0 Å². The van der Waals surface area contributed by atoms with E-state index in [4.69, 9.17) is 28.8 Å². The van der Waals surface area contributed by atoms with Crippen LogP contribution in [0.25, 0.3) is 0 Å². The maximum Gasteiger partial charge on any atom is 0.342 e. The Hall–Kier alpha value is -5.19. The van der Waals surface area contributed by atoms with Crippen LogP contribution in [0.15, 0.2) is 24.3 Å². The van der Waals surface area contributed by atoms with Crippen LogP contribution >= 0.6 is 0 Å². The molecule has 3 rings (SSSR count). The molecule has 0 radical (unpaired) electrons. The van der Waals surface area contributed by atoms with E-state index in [-0.39, 0.29) is 47.9 Å². The quantitative estimate of drug-likeness (QED) is 0.115. The molecule has 1 saturated heterocycles. The van der Waals surface area contributed by atoms with E-state index in [0.717, 1.165) is 43.9 Å². The highest BCUT2D eigenvalue weighted by Gasteiger charge is 2.39. The standard InChI is InChI=1S/C19H26N2O8.C12H15NO6/c1-4-5-8-29-17-11-14(21(25)26)13(10-16(17)27-2)18(23)20-7-6-12(22)9-15(20)19(24)28-3;1-3-4-5-19-11-7-9(13(16)17)8(12(14)15)6-10(11)18-2/h10-12,15,22H,4-9H2,1-3H3;6-7H,3-5H2,1-2H3,(H,14,15)/t12-,15-;/m0./s1. The van der Waals surface area contributed by atoms with Gasteiger partial charge in [0.05, 0.1) is 62.6 Å². The molecule has 0 unspecified atom stereocenters. The van der Waals surface area contributed by atoms with E-state index in [1.165, 1.54) is 32.3 Å². The minimum atomic E-state index is -1.38. The topological polar surface area (TPSA) is 227 Å². The zero-order valence-electron chi connectivity index (χ0n) is 27.5. The van der Waals surface area contributed by atoms with Crippen LogP contribution in [-0.4, -0.2) is 96.0 Å². The summed E-state index contributed by atoms with van der Waals surface area (Å²) in [5.74, 6) is -2.09. The SMILES string of the molecule is CCCCOc1cc([N+](=O)[O-])c(C(=O)N2CC[C@H](O)C[C@H]2C(=O)OC)cc1OC.CCCCOc1cc([N+](=O)[O-])c(C(=O)O)cc1OC. The van der Waals surface area contributed by atoms with Gasteiger partial charge in [-0.2, -0.15) is 0 Å². The molecule has 2 aromatic carbocycles. The number of methoxy groups -OCH3 is 3. The van der Waals surface area contributed by atoms with E-state index in [2.05, 4.69) is 0 Å². The van der Waals surface area contributed by atoms with Gasteiger partial charge < -0.3 is 38.8 Å². The lowest BCUT2D eigenvalue weighted by Gasteiger charge is -2.36. The number of amides is 1. The summed E-state index contributed by atoms with van der Waals surface area (Å²) in [5.41, 5.74) is -1.61. The second-order valence-corrected chi connectivity index (χ2v) is 10.5. The molecule has 264 valence electrons. The number of piperidine rings is 1. The summed E-state index contributed by atoms with van der Waals surface area (Å²) >= 11 is 0. The molecule has 0 saturated carbocycles. The van der Waals surface area contributed by atoms with Gasteiger partial charge >= 0.3 is 11.9 Å². The molecule has 1 amide bonds. The number of nitro benzene ring substituents is 2. The predicted molar refractivity (Wildman–Crippen MR) is 169 cm³/mol. The number of ether oxygens (including phenoxy) is 5. The number of hydrogen-bond donors (Lipinski definition) is 2. The van der Waals surface area contributed by atoms with Gasteiger partial charge in [0, 0.05) is 25.1 Å². The fourth-order valence-corrected chi connectivity index (χ4v) is 4.64. The molecule has 1 aliphatic heterocycles. The number of unbranched alkanes of at least 4 members (excludes halogenated alkanes) is 2. The Bertz CT molecular complexity index is 1460. The van der Waals surface area contributed by atoms with Crippen LogP contribution in [0, 0.1) is 20.2 Å². The van der Waals surface area contributed by atoms with E-state index < -0.39 is 56.8 Å². The molecule has 1 heterocycles. The Morgan fingerprint density at radius 3 is 1.73 bits per heavy atom. The summed E-state index contributed by atoms with van der Waals surface area (Å²) < 4.78 is 25.9. The number of rotatable bonds is 15. The minimum absolute atomic E-state index is 0.00155. The Labute approximate surface area is 276 Å². The van der Waals surface area contributed by atoms with Gasteiger partial charge in [-0.1, -0.05) is 26.7 Å². The van der Waals surface area contributed by atoms with Crippen LogP contribution in [0.1, 0.15) is 73.1 Å². The monoisotopic (exact) mass is 679 g/mol. The number of nitrogens with zero attached hydrogens (tertiary/aromatic N) is 3. The number of aromatic carboxylic acids is 1. The van der Waals surface area contributed by atoms with Crippen molar-refractivity contribution in [3.63, 3.8) is 0 Å². The number of hydrogen-bond acceptors (Lipinski definition) is 13. The average molecular weight is 680 g/mol. The first-order valence-electron chi connectivity index (χ1n) is 15.1. The van der Waals surface area contributed by atoms with Gasteiger partial charge in [-0.25, -0.2) is 9.59 Å². The number of carboxylic acids is 1. The van der Waals surface area contributed by atoms with Crippen LogP contribution in [0.5, 0.6) is 23.0 Å². The second-order valence-electron chi connectivity index (χ2n) is 10.5. The molecule has 2 N–H and O–H groups in total. The number of likely N-dealkylation sites (tertiary alicyclic amines) is 1. The first kappa shape index (κ1) is 39.0. The fraction of sp³-hybridized carbons (Fsp3) is 0.516. The van der Waals surface area contributed by atoms with Crippen molar-refractivity contribution in [3.05, 3.63) is 55.6 Å². The highest BCUT2D eigenvalue weighted by atomic mass is 16.6. The molecular formula is C31H41N3O14. The zero-order chi connectivity index (χ0) is 36.0. The van der Waals surface area contributed by atoms with Crippen LogP contribution in [0.2, 0.25) is 0 Å². The van der Waals surface area contributed by atoms with E-state index in [1.807, 2.05) is 13.8 Å². The van der Waals surface area contributed by atoms with Crippen molar-refractivity contribution in [1.82, 2.24) is 4.90 Å². The molecular weight excluding hydrogens is 638 g/mol. The van der Waals surface area contributed by atoms with Gasteiger partial charge in [-0.3, -0.25) is 25.0 Å². The lowest BCUT2D eigenvalue weighted by molar-refractivity contribution is -0.385. The van der Waals surface area contributed by atoms with Crippen molar-refractivity contribution < 1.29 is 58.1 Å². The maximum atomic E-state index is 13.1. The number of aliphatic hydroxyl groups excluding tert-OH is 1. The van der Waals surface area contributed by atoms with Crippen molar-refractivity contribution in [2.45, 2.75) is 64.5 Å². The summed E-state index contributed by atoms with van der Waals surface area (Å²) in [4.78, 5) is 58.4. The third kappa shape index (κ3) is 10.2. The molecule has 17 heteroatoms. The van der Waals surface area contributed by atoms with Crippen molar-refractivity contribution >= 4 is 29.2 Å². The second kappa shape index (κ2) is 18.8. The molecule has 2 atom stereocenters. The lowest BCUT2D eigenvalue weighted by Crippen LogP contribution is -2.51. The molecule has 1 aliphatic rings. The van der Waals surface area contributed by atoms with Crippen LogP contribution in [0.3, 0.4) is 0 Å². The summed E-state index contributed by atoms with van der Waals surface area (Å²) in [6.07, 6.45) is 2.84. The Kier molecular flexibility index (Phi) is 15.3. The van der Waals surface area contributed by atoms with Crippen molar-refractivity contribution in [2.75, 3.05) is 41.1 Å². The summed E-state index contributed by atoms with van der Waals surface area (Å²) in [6, 6.07) is 3.57. The number of carbonyl (C=O) groups excluding carboxylic acids is 2. The first-order valence-corrected chi connectivity index (χ1v) is 15.1. The number of benzene rings is 2. The first-order chi connectivity index (χ1) is 22.8. The molecule has 48 heavy (non-hydrogen) atoms. The molecule has 0 bridgehead atoms. The van der Waals surface area contributed by atoms with Crippen LogP contribution in [-0.2, 0) is 9.53 Å². The Balaban J connectivity index is 0.000000365. The zero-order valence-corrected chi connectivity index (χ0v) is 27.5. The van der Waals surface area contributed by atoms with E-state index in [9.17, 15) is 39.7 Å². The number of carboxylic acid groups (broad SMARTS) is 1. The molecule has 0 aliphatic carbocycles. The van der Waals surface area contributed by atoms with E-state index >= 15 is 0 Å². The van der Waals surface area contributed by atoms with E-state index in [0.29, 0.717) is 13.2 Å². The molecule has 0 spiro atoms. The van der Waals surface area contributed by atoms with Gasteiger partial charge in [-0.05, 0) is 19.3 Å². The largest absolute Gasteiger partial charge is 0.493 e. The minimum Gasteiger partial charge on any atom is -0.493 e. The smallest absolute Gasteiger partial charge is 0.342 e.